The van der Waals surface area contributed by atoms with E-state index in [2.05, 4.69) is 29.4 Å². The van der Waals surface area contributed by atoms with Gasteiger partial charge in [0, 0.05) is 13.0 Å². The molecule has 2 rings (SSSR count). The number of hydrogen-bond acceptors (Lipinski definition) is 3. The van der Waals surface area contributed by atoms with Crippen molar-refractivity contribution in [3.8, 4) is 0 Å². The first kappa shape index (κ1) is 13.7. The third-order valence-electron chi connectivity index (χ3n) is 3.26. The van der Waals surface area contributed by atoms with Crippen molar-refractivity contribution in [3.63, 3.8) is 0 Å². The molecule has 19 heavy (non-hydrogen) atoms. The minimum absolute atomic E-state index is 0.0457. The number of hydrogen-bond donors (Lipinski definition) is 1. The zero-order chi connectivity index (χ0) is 13.5. The molecule has 0 saturated carbocycles. The molecule has 0 atom stereocenters. The van der Waals surface area contributed by atoms with Crippen molar-refractivity contribution in [2.24, 2.45) is 0 Å². The van der Waals surface area contributed by atoms with Crippen molar-refractivity contribution in [3.05, 3.63) is 47.3 Å². The molecule has 0 fully saturated rings. The van der Waals surface area contributed by atoms with Gasteiger partial charge in [-0.1, -0.05) is 55.3 Å². The molecule has 0 unspecified atom stereocenters. The number of rotatable bonds is 7. The number of aliphatic hydroxyl groups excluding tert-OH is 1. The summed E-state index contributed by atoms with van der Waals surface area (Å²) < 4.78 is 1.94. The van der Waals surface area contributed by atoms with Crippen LogP contribution >= 0.6 is 0 Å². The highest BCUT2D eigenvalue weighted by Crippen LogP contribution is 2.13. The van der Waals surface area contributed by atoms with Crippen LogP contribution < -0.4 is 0 Å². The fourth-order valence-corrected chi connectivity index (χ4v) is 2.17. The van der Waals surface area contributed by atoms with Crippen LogP contribution in [0, 0.1) is 0 Å². The summed E-state index contributed by atoms with van der Waals surface area (Å²) >= 11 is 0. The molecule has 102 valence electrons. The highest BCUT2D eigenvalue weighted by Gasteiger charge is 2.12. The second-order valence-corrected chi connectivity index (χ2v) is 4.73. The van der Waals surface area contributed by atoms with Crippen LogP contribution in [0.25, 0.3) is 0 Å². The number of aromatic nitrogens is 3. The zero-order valence-electron chi connectivity index (χ0n) is 11.4. The average Bonchev–Trinajstić information content (AvgIpc) is 2.83. The van der Waals surface area contributed by atoms with Gasteiger partial charge >= 0.3 is 0 Å². The highest BCUT2D eigenvalue weighted by atomic mass is 16.3. The van der Waals surface area contributed by atoms with Crippen molar-refractivity contribution in [1.82, 2.24) is 15.0 Å². The van der Waals surface area contributed by atoms with E-state index in [0.29, 0.717) is 5.69 Å². The summed E-state index contributed by atoms with van der Waals surface area (Å²) in [5.41, 5.74) is 2.95. The van der Waals surface area contributed by atoms with Gasteiger partial charge in [0.05, 0.1) is 12.3 Å². The topological polar surface area (TPSA) is 50.9 Å². The molecule has 0 spiro atoms. The Morgan fingerprint density at radius 1 is 1.16 bits per heavy atom. The largest absolute Gasteiger partial charge is 0.390 e. The minimum Gasteiger partial charge on any atom is -0.390 e. The van der Waals surface area contributed by atoms with E-state index < -0.39 is 0 Å². The summed E-state index contributed by atoms with van der Waals surface area (Å²) in [6, 6.07) is 10.2. The first-order chi connectivity index (χ1) is 9.35. The Hall–Kier alpha value is -1.68. The van der Waals surface area contributed by atoms with Gasteiger partial charge in [0.25, 0.3) is 0 Å². The number of unbranched alkanes of at least 4 members (excludes halogenated alkanes) is 2. The maximum Gasteiger partial charge on any atom is 0.112 e. The van der Waals surface area contributed by atoms with E-state index in [1.807, 2.05) is 22.9 Å². The smallest absolute Gasteiger partial charge is 0.112 e. The molecule has 0 saturated heterocycles. The molecule has 0 radical (unpaired) electrons. The van der Waals surface area contributed by atoms with Gasteiger partial charge in [0.15, 0.2) is 0 Å². The minimum atomic E-state index is -0.0457. The molecule has 1 aromatic heterocycles. The molecule has 0 amide bonds. The summed E-state index contributed by atoms with van der Waals surface area (Å²) in [6.07, 6.45) is 4.26. The molecule has 2 aromatic rings. The molecule has 4 heteroatoms. The molecule has 0 aliphatic rings. The van der Waals surface area contributed by atoms with Crippen molar-refractivity contribution >= 4 is 0 Å². The maximum atomic E-state index is 9.37. The van der Waals surface area contributed by atoms with E-state index in [9.17, 15) is 5.11 Å². The normalized spacial score (nSPS) is 10.8. The fraction of sp³-hybridized carbons (Fsp3) is 0.467. The summed E-state index contributed by atoms with van der Waals surface area (Å²) in [5, 5.41) is 17.6. The zero-order valence-corrected chi connectivity index (χ0v) is 11.4. The van der Waals surface area contributed by atoms with Crippen LogP contribution in [0.4, 0.5) is 0 Å². The Balaban J connectivity index is 2.14. The predicted molar refractivity (Wildman–Crippen MR) is 74.7 cm³/mol. The van der Waals surface area contributed by atoms with E-state index in [1.165, 1.54) is 18.4 Å². The van der Waals surface area contributed by atoms with E-state index in [1.54, 1.807) is 0 Å². The first-order valence-electron chi connectivity index (χ1n) is 6.91. The van der Waals surface area contributed by atoms with Crippen molar-refractivity contribution in [2.45, 2.75) is 45.8 Å². The molecule has 1 aromatic carbocycles. The lowest BCUT2D eigenvalue weighted by atomic mass is 10.1. The SMILES string of the molecule is CCCCCn1nnc(CO)c1Cc1ccccc1. The second-order valence-electron chi connectivity index (χ2n) is 4.73. The number of aryl methyl sites for hydroxylation is 1. The maximum absolute atomic E-state index is 9.37. The van der Waals surface area contributed by atoms with Crippen LogP contribution in [-0.4, -0.2) is 20.1 Å². The first-order valence-corrected chi connectivity index (χ1v) is 6.91. The summed E-state index contributed by atoms with van der Waals surface area (Å²) in [6.45, 7) is 3.02. The van der Waals surface area contributed by atoms with E-state index in [4.69, 9.17) is 0 Å². The Bertz CT molecular complexity index is 493. The average molecular weight is 259 g/mol. The van der Waals surface area contributed by atoms with Gasteiger partial charge in [-0.2, -0.15) is 0 Å². The standard InChI is InChI=1S/C15H21N3O/c1-2-3-7-10-18-15(14(12-19)16-17-18)11-13-8-5-4-6-9-13/h4-6,8-9,19H,2-3,7,10-12H2,1H3. The third-order valence-corrected chi connectivity index (χ3v) is 3.26. The molecule has 1 heterocycles. The van der Waals surface area contributed by atoms with Crippen LogP contribution in [0.15, 0.2) is 30.3 Å². The lowest BCUT2D eigenvalue weighted by molar-refractivity contribution is 0.275. The van der Waals surface area contributed by atoms with Crippen LogP contribution in [0.1, 0.15) is 43.1 Å². The lowest BCUT2D eigenvalue weighted by Gasteiger charge is -2.07. The van der Waals surface area contributed by atoms with E-state index in [0.717, 1.165) is 25.1 Å². The van der Waals surface area contributed by atoms with Gasteiger partial charge < -0.3 is 5.11 Å². The van der Waals surface area contributed by atoms with Crippen LogP contribution in [0.3, 0.4) is 0 Å². The van der Waals surface area contributed by atoms with Gasteiger partial charge in [-0.15, -0.1) is 5.10 Å². The number of nitrogens with zero attached hydrogens (tertiary/aromatic N) is 3. The summed E-state index contributed by atoms with van der Waals surface area (Å²) in [4.78, 5) is 0. The highest BCUT2D eigenvalue weighted by molar-refractivity contribution is 5.23. The molecule has 0 aliphatic heterocycles. The third kappa shape index (κ3) is 3.64. The van der Waals surface area contributed by atoms with Crippen LogP contribution in [-0.2, 0) is 19.6 Å². The Morgan fingerprint density at radius 2 is 1.95 bits per heavy atom. The quantitative estimate of drug-likeness (QED) is 0.777. The van der Waals surface area contributed by atoms with Gasteiger partial charge in [0.1, 0.15) is 5.69 Å². The van der Waals surface area contributed by atoms with Gasteiger partial charge in [0.2, 0.25) is 0 Å². The summed E-state index contributed by atoms with van der Waals surface area (Å²) in [7, 11) is 0. The Labute approximate surface area is 114 Å². The molecular weight excluding hydrogens is 238 g/mol. The van der Waals surface area contributed by atoms with Crippen LogP contribution in [0.2, 0.25) is 0 Å². The summed E-state index contributed by atoms with van der Waals surface area (Å²) in [5.74, 6) is 0. The number of aliphatic hydroxyl groups is 1. The molecule has 0 bridgehead atoms. The monoisotopic (exact) mass is 259 g/mol. The number of benzene rings is 1. The van der Waals surface area contributed by atoms with Gasteiger partial charge in [-0.3, -0.25) is 0 Å². The Kier molecular flexibility index (Phi) is 5.10. The van der Waals surface area contributed by atoms with Crippen molar-refractivity contribution in [2.75, 3.05) is 0 Å². The van der Waals surface area contributed by atoms with Crippen molar-refractivity contribution < 1.29 is 5.11 Å². The Morgan fingerprint density at radius 3 is 2.63 bits per heavy atom. The van der Waals surface area contributed by atoms with Gasteiger partial charge in [-0.25, -0.2) is 4.68 Å². The van der Waals surface area contributed by atoms with Crippen LogP contribution in [0.5, 0.6) is 0 Å². The fourth-order valence-electron chi connectivity index (χ4n) is 2.17. The molecule has 1 N–H and O–H groups in total. The molecule has 4 nitrogen and oxygen atoms in total. The lowest BCUT2D eigenvalue weighted by Crippen LogP contribution is -2.07. The van der Waals surface area contributed by atoms with E-state index >= 15 is 0 Å². The predicted octanol–water partition coefficient (Wildman–Crippen LogP) is 2.55. The molecular formula is C15H21N3O. The van der Waals surface area contributed by atoms with E-state index in [-0.39, 0.29) is 6.61 Å². The van der Waals surface area contributed by atoms with Crippen molar-refractivity contribution in [1.29, 1.82) is 0 Å². The second kappa shape index (κ2) is 7.04. The molecule has 0 aliphatic carbocycles. The van der Waals surface area contributed by atoms with Gasteiger partial charge in [-0.05, 0) is 12.0 Å².